The summed E-state index contributed by atoms with van der Waals surface area (Å²) < 4.78 is 80.7. The number of halogens is 4. The first-order valence-electron chi connectivity index (χ1n) is 15.7. The highest BCUT2D eigenvalue weighted by atomic mass is 35.5. The number of nitrogens with one attached hydrogen (secondary N) is 1. The first kappa shape index (κ1) is 37.0. The summed E-state index contributed by atoms with van der Waals surface area (Å²) in [5.74, 6) is -0.106. The van der Waals surface area contributed by atoms with Crippen molar-refractivity contribution in [1.29, 1.82) is 0 Å². The van der Waals surface area contributed by atoms with Gasteiger partial charge in [-0.2, -0.15) is 8.78 Å². The number of carbonyl (C=O) groups excluding carboxylic acids is 1. The number of sulfonamides is 1. The minimum Gasteiger partial charge on any atom is -0.492 e. The molecule has 11 nitrogen and oxygen atoms in total. The third-order valence-electron chi connectivity index (χ3n) is 7.91. The molecule has 1 saturated heterocycles. The van der Waals surface area contributed by atoms with E-state index < -0.39 is 28.7 Å². The molecule has 1 saturated carbocycles. The molecule has 49 heavy (non-hydrogen) atoms. The van der Waals surface area contributed by atoms with Crippen LogP contribution in [0.5, 0.6) is 17.2 Å². The van der Waals surface area contributed by atoms with Gasteiger partial charge in [0.15, 0.2) is 11.5 Å². The fourth-order valence-corrected chi connectivity index (χ4v) is 6.01. The van der Waals surface area contributed by atoms with Crippen LogP contribution >= 0.6 is 23.2 Å². The van der Waals surface area contributed by atoms with Gasteiger partial charge in [0.25, 0.3) is 0 Å². The van der Waals surface area contributed by atoms with Crippen molar-refractivity contribution in [3.05, 3.63) is 81.1 Å². The van der Waals surface area contributed by atoms with Crippen LogP contribution < -0.4 is 18.9 Å². The van der Waals surface area contributed by atoms with Gasteiger partial charge in [0.05, 0.1) is 41.7 Å². The van der Waals surface area contributed by atoms with Crippen molar-refractivity contribution in [2.75, 3.05) is 52.3 Å². The third-order valence-corrected chi connectivity index (χ3v) is 9.23. The highest BCUT2D eigenvalue weighted by Gasteiger charge is 2.27. The molecule has 0 bridgehead atoms. The number of nitrogens with zero attached hydrogens (tertiary/aromatic N) is 2. The van der Waals surface area contributed by atoms with Gasteiger partial charge in [-0.05, 0) is 60.2 Å². The molecular weight excluding hydrogens is 707 g/mol. The Morgan fingerprint density at radius 1 is 1.04 bits per heavy atom. The van der Waals surface area contributed by atoms with E-state index >= 15 is 0 Å². The summed E-state index contributed by atoms with van der Waals surface area (Å²) in [7, 11) is -3.57. The van der Waals surface area contributed by atoms with Crippen LogP contribution in [0.3, 0.4) is 0 Å². The highest BCUT2D eigenvalue weighted by molar-refractivity contribution is 7.88. The van der Waals surface area contributed by atoms with E-state index in [-0.39, 0.29) is 40.1 Å². The largest absolute Gasteiger partial charge is 0.492 e. The van der Waals surface area contributed by atoms with Gasteiger partial charge in [0.1, 0.15) is 18.5 Å². The van der Waals surface area contributed by atoms with Crippen molar-refractivity contribution < 1.29 is 45.7 Å². The number of morpholine rings is 1. The predicted molar refractivity (Wildman–Crippen MR) is 178 cm³/mol. The molecule has 0 unspecified atom stereocenters. The summed E-state index contributed by atoms with van der Waals surface area (Å²) >= 11 is 12.9. The zero-order chi connectivity index (χ0) is 35.0. The predicted octanol–water partition coefficient (Wildman–Crippen LogP) is 5.68. The topological polar surface area (TPSA) is 126 Å². The maximum Gasteiger partial charge on any atom is 0.387 e. The summed E-state index contributed by atoms with van der Waals surface area (Å²) in [5, 5.41) is 0.480. The maximum absolute atomic E-state index is 13.7. The number of esters is 1. The van der Waals surface area contributed by atoms with Crippen molar-refractivity contribution in [3.63, 3.8) is 0 Å². The Kier molecular flexibility index (Phi) is 12.9. The Morgan fingerprint density at radius 2 is 1.76 bits per heavy atom. The number of rotatable bonds is 17. The van der Waals surface area contributed by atoms with Gasteiger partial charge >= 0.3 is 12.6 Å². The van der Waals surface area contributed by atoms with Crippen LogP contribution in [0.2, 0.25) is 10.0 Å². The quantitative estimate of drug-likeness (QED) is 0.173. The average molecular weight is 745 g/mol. The highest BCUT2D eigenvalue weighted by Crippen LogP contribution is 2.38. The van der Waals surface area contributed by atoms with Gasteiger partial charge in [-0.1, -0.05) is 29.3 Å². The maximum atomic E-state index is 13.7. The van der Waals surface area contributed by atoms with Crippen LogP contribution in [-0.4, -0.2) is 83.2 Å². The van der Waals surface area contributed by atoms with E-state index in [0.29, 0.717) is 61.3 Å². The number of benzene rings is 2. The number of aromatic nitrogens is 1. The van der Waals surface area contributed by atoms with Gasteiger partial charge in [-0.15, -0.1) is 0 Å². The molecular formula is C33H37Cl2F2N3O8S. The molecule has 5 rings (SSSR count). The minimum absolute atomic E-state index is 0.00820. The van der Waals surface area contributed by atoms with Gasteiger partial charge in [0, 0.05) is 50.6 Å². The standard InChI is InChI=1S/C33H37Cl2F2N3O8S/c1-49(42,43)39-17-24-14-23(5-6-28(24)45-13-10-40-8-11-44-12-9-40)32(41)47-30(16-25-26(34)18-38-19-27(25)35)22-4-7-29(48-33(36)37)31(15-22)46-20-21-2-3-21/h4-7,14-15,18-19,21,30,33,39H,2-3,8-13,16-17,20H2,1H3/t30-/m0/s1. The number of hydrogen-bond acceptors (Lipinski definition) is 10. The average Bonchev–Trinajstić information content (AvgIpc) is 3.89. The molecule has 2 fully saturated rings. The Balaban J connectivity index is 1.41. The molecule has 0 spiro atoms. The lowest BCUT2D eigenvalue weighted by molar-refractivity contribution is -0.0515. The number of alkyl halides is 2. The number of pyridine rings is 1. The molecule has 1 aromatic heterocycles. The lowest BCUT2D eigenvalue weighted by Gasteiger charge is -2.26. The van der Waals surface area contributed by atoms with E-state index in [1.54, 1.807) is 6.07 Å². The SMILES string of the molecule is CS(=O)(=O)NCc1cc(C(=O)O[C@@H](Cc2c(Cl)cncc2Cl)c2ccc(OC(F)F)c(OCC3CC3)c2)ccc1OCCN1CCOCC1. The van der Waals surface area contributed by atoms with Crippen LogP contribution in [0.1, 0.15) is 46.0 Å². The second kappa shape index (κ2) is 17.1. The smallest absolute Gasteiger partial charge is 0.387 e. The zero-order valence-electron chi connectivity index (χ0n) is 26.7. The Labute approximate surface area is 293 Å². The first-order valence-corrected chi connectivity index (χ1v) is 18.3. The van der Waals surface area contributed by atoms with E-state index in [1.807, 2.05) is 0 Å². The molecule has 1 atom stereocenters. The fourth-order valence-electron chi connectivity index (χ4n) is 5.07. The lowest BCUT2D eigenvalue weighted by Crippen LogP contribution is -2.38. The lowest BCUT2D eigenvalue weighted by atomic mass is 10.0. The third kappa shape index (κ3) is 11.4. The van der Waals surface area contributed by atoms with E-state index in [9.17, 15) is 22.0 Å². The molecule has 1 aliphatic heterocycles. The number of carbonyl (C=O) groups is 1. The molecule has 3 aromatic rings. The summed E-state index contributed by atoms with van der Waals surface area (Å²) in [6.45, 7) is 0.936. The second-order valence-corrected chi connectivity index (χ2v) is 14.4. The van der Waals surface area contributed by atoms with Crippen molar-refractivity contribution in [1.82, 2.24) is 14.6 Å². The van der Waals surface area contributed by atoms with Gasteiger partial charge in [0.2, 0.25) is 10.0 Å². The number of hydrogen-bond donors (Lipinski definition) is 1. The Morgan fingerprint density at radius 3 is 2.43 bits per heavy atom. The second-order valence-electron chi connectivity index (χ2n) is 11.7. The van der Waals surface area contributed by atoms with Gasteiger partial charge in [-0.3, -0.25) is 9.88 Å². The molecule has 2 aliphatic rings. The minimum atomic E-state index is -3.57. The Hall–Kier alpha value is -3.27. The molecule has 1 N–H and O–H groups in total. The van der Waals surface area contributed by atoms with Gasteiger partial charge < -0.3 is 23.7 Å². The van der Waals surface area contributed by atoms with Crippen LogP contribution in [0.25, 0.3) is 0 Å². The summed E-state index contributed by atoms with van der Waals surface area (Å²) in [4.78, 5) is 19.9. The molecule has 266 valence electrons. The van der Waals surface area contributed by atoms with Crippen LogP contribution in [0.4, 0.5) is 8.78 Å². The summed E-state index contributed by atoms with van der Waals surface area (Å²) in [6, 6.07) is 8.92. The summed E-state index contributed by atoms with van der Waals surface area (Å²) in [5.41, 5.74) is 1.40. The van der Waals surface area contributed by atoms with Crippen LogP contribution in [0, 0.1) is 5.92 Å². The molecule has 2 aromatic carbocycles. The van der Waals surface area contributed by atoms with Crippen molar-refractivity contribution >= 4 is 39.2 Å². The zero-order valence-corrected chi connectivity index (χ0v) is 29.0. The molecule has 1 aliphatic carbocycles. The normalized spacial score (nSPS) is 16.0. The van der Waals surface area contributed by atoms with E-state index in [1.165, 1.54) is 42.7 Å². The number of ether oxygens (including phenoxy) is 5. The Bertz CT molecular complexity index is 1690. The fraction of sp³-hybridized carbons (Fsp3) is 0.455. The van der Waals surface area contributed by atoms with E-state index in [4.69, 9.17) is 42.1 Å². The van der Waals surface area contributed by atoms with Crippen LogP contribution in [0.15, 0.2) is 48.8 Å². The molecule has 2 heterocycles. The van der Waals surface area contributed by atoms with E-state index in [2.05, 4.69) is 19.3 Å². The van der Waals surface area contributed by atoms with Crippen molar-refractivity contribution in [2.45, 2.75) is 38.5 Å². The first-order chi connectivity index (χ1) is 23.4. The monoisotopic (exact) mass is 743 g/mol. The van der Waals surface area contributed by atoms with Gasteiger partial charge in [-0.25, -0.2) is 17.9 Å². The van der Waals surface area contributed by atoms with Crippen LogP contribution in [-0.2, 0) is 32.5 Å². The van der Waals surface area contributed by atoms with Crippen molar-refractivity contribution in [3.8, 4) is 17.2 Å². The molecule has 0 radical (unpaired) electrons. The van der Waals surface area contributed by atoms with E-state index in [0.717, 1.165) is 32.2 Å². The summed E-state index contributed by atoms with van der Waals surface area (Å²) in [6.07, 6.45) is 4.79. The molecule has 0 amide bonds. The van der Waals surface area contributed by atoms with Crippen molar-refractivity contribution in [2.24, 2.45) is 5.92 Å². The molecule has 16 heteroatoms.